The van der Waals surface area contributed by atoms with Crippen molar-refractivity contribution < 1.29 is 9.84 Å². The first kappa shape index (κ1) is 12.8. The summed E-state index contributed by atoms with van der Waals surface area (Å²) in [6.07, 6.45) is 0. The number of benzene rings is 1. The molecule has 0 aromatic heterocycles. The average molecular weight is 223 g/mol. The van der Waals surface area contributed by atoms with Crippen LogP contribution in [0.3, 0.4) is 0 Å². The number of ether oxygens (including phenoxy) is 1. The maximum atomic E-state index is 10.1. The van der Waals surface area contributed by atoms with Crippen LogP contribution in [0.1, 0.15) is 20.8 Å². The number of nitrogens with one attached hydrogen (secondary N) is 1. The number of methoxy groups -OCH3 is 1. The molecule has 0 amide bonds. The molecule has 3 nitrogen and oxygen atoms in total. The van der Waals surface area contributed by atoms with Crippen LogP contribution >= 0.6 is 0 Å². The zero-order valence-electron chi connectivity index (χ0n) is 10.4. The first-order valence-electron chi connectivity index (χ1n) is 5.56. The smallest absolute Gasteiger partial charge is 0.141 e. The summed E-state index contributed by atoms with van der Waals surface area (Å²) < 4.78 is 5.23. The van der Waals surface area contributed by atoms with Gasteiger partial charge < -0.3 is 15.2 Å². The van der Waals surface area contributed by atoms with Crippen LogP contribution in [0.25, 0.3) is 0 Å². The van der Waals surface area contributed by atoms with Crippen molar-refractivity contribution >= 4 is 5.69 Å². The normalized spacial score (nSPS) is 14.6. The predicted molar refractivity (Wildman–Crippen MR) is 66.9 cm³/mol. The van der Waals surface area contributed by atoms with Crippen molar-refractivity contribution in [3.05, 3.63) is 24.3 Å². The molecule has 0 radical (unpaired) electrons. The molecule has 0 saturated carbocycles. The average Bonchev–Trinajstić information content (AvgIpc) is 2.26. The van der Waals surface area contributed by atoms with E-state index >= 15 is 0 Å². The van der Waals surface area contributed by atoms with Crippen molar-refractivity contribution in [2.45, 2.75) is 26.4 Å². The molecule has 1 aromatic rings. The van der Waals surface area contributed by atoms with E-state index in [0.29, 0.717) is 6.54 Å². The molecule has 1 rings (SSSR count). The third-order valence-corrected chi connectivity index (χ3v) is 2.99. The van der Waals surface area contributed by atoms with E-state index in [2.05, 4.69) is 5.32 Å². The van der Waals surface area contributed by atoms with Gasteiger partial charge in [0.15, 0.2) is 0 Å². The van der Waals surface area contributed by atoms with Crippen LogP contribution in [0.4, 0.5) is 5.69 Å². The molecule has 2 N–H and O–H groups in total. The summed E-state index contributed by atoms with van der Waals surface area (Å²) in [5.41, 5.74) is 0.187. The second-order valence-corrected chi connectivity index (χ2v) is 4.57. The SMILES string of the molecule is COc1ccccc1NCC(C)(O)C(C)C. The molecule has 0 fully saturated rings. The lowest BCUT2D eigenvalue weighted by atomic mass is 9.92. The maximum absolute atomic E-state index is 10.1. The lowest BCUT2D eigenvalue weighted by Crippen LogP contribution is -2.38. The van der Waals surface area contributed by atoms with Crippen LogP contribution in [-0.2, 0) is 0 Å². The minimum absolute atomic E-state index is 0.203. The molecule has 3 heteroatoms. The predicted octanol–water partition coefficient (Wildman–Crippen LogP) is 2.51. The Labute approximate surface area is 97.4 Å². The van der Waals surface area contributed by atoms with Crippen molar-refractivity contribution in [3.8, 4) is 5.75 Å². The topological polar surface area (TPSA) is 41.5 Å². The fourth-order valence-electron chi connectivity index (χ4n) is 1.27. The van der Waals surface area contributed by atoms with E-state index in [1.165, 1.54) is 0 Å². The van der Waals surface area contributed by atoms with Gasteiger partial charge in [0.25, 0.3) is 0 Å². The zero-order valence-corrected chi connectivity index (χ0v) is 10.4. The van der Waals surface area contributed by atoms with Crippen molar-refractivity contribution in [2.75, 3.05) is 19.0 Å². The summed E-state index contributed by atoms with van der Waals surface area (Å²) in [6.45, 7) is 6.35. The van der Waals surface area contributed by atoms with E-state index < -0.39 is 5.60 Å². The van der Waals surface area contributed by atoms with Gasteiger partial charge in [-0.05, 0) is 25.0 Å². The third-order valence-electron chi connectivity index (χ3n) is 2.99. The summed E-state index contributed by atoms with van der Waals surface area (Å²) in [6, 6.07) is 7.70. The second-order valence-electron chi connectivity index (χ2n) is 4.57. The summed E-state index contributed by atoms with van der Waals surface area (Å²) >= 11 is 0. The molecule has 0 spiro atoms. The number of anilines is 1. The van der Waals surface area contributed by atoms with E-state index in [1.807, 2.05) is 45.0 Å². The highest BCUT2D eigenvalue weighted by atomic mass is 16.5. The van der Waals surface area contributed by atoms with E-state index in [1.54, 1.807) is 7.11 Å². The molecule has 0 saturated heterocycles. The Bertz CT molecular complexity index is 334. The molecule has 90 valence electrons. The van der Waals surface area contributed by atoms with E-state index in [0.717, 1.165) is 11.4 Å². The van der Waals surface area contributed by atoms with Crippen molar-refractivity contribution in [1.82, 2.24) is 0 Å². The molecule has 0 bridgehead atoms. The largest absolute Gasteiger partial charge is 0.495 e. The highest BCUT2D eigenvalue weighted by Crippen LogP contribution is 2.25. The van der Waals surface area contributed by atoms with Gasteiger partial charge in [-0.25, -0.2) is 0 Å². The molecular weight excluding hydrogens is 202 g/mol. The summed E-state index contributed by atoms with van der Waals surface area (Å²) in [5, 5.41) is 13.3. The van der Waals surface area contributed by atoms with Gasteiger partial charge in [0, 0.05) is 6.54 Å². The molecule has 0 aliphatic rings. The van der Waals surface area contributed by atoms with Crippen LogP contribution in [0.5, 0.6) is 5.75 Å². The first-order chi connectivity index (χ1) is 7.47. The summed E-state index contributed by atoms with van der Waals surface area (Å²) in [4.78, 5) is 0. The fourth-order valence-corrected chi connectivity index (χ4v) is 1.27. The second kappa shape index (κ2) is 5.21. The Hall–Kier alpha value is -1.22. The van der Waals surface area contributed by atoms with Crippen molar-refractivity contribution in [1.29, 1.82) is 0 Å². The van der Waals surface area contributed by atoms with Crippen LogP contribution in [0.15, 0.2) is 24.3 Å². The Morgan fingerprint density at radius 2 is 2.00 bits per heavy atom. The Morgan fingerprint density at radius 1 is 1.38 bits per heavy atom. The zero-order chi connectivity index (χ0) is 12.2. The number of hydrogen-bond acceptors (Lipinski definition) is 3. The van der Waals surface area contributed by atoms with Crippen LogP contribution in [0, 0.1) is 5.92 Å². The standard InChI is InChI=1S/C13H21NO2/c1-10(2)13(3,15)9-14-11-7-5-6-8-12(11)16-4/h5-8,10,14-15H,9H2,1-4H3. The van der Waals surface area contributed by atoms with Gasteiger partial charge in [-0.2, -0.15) is 0 Å². The quantitative estimate of drug-likeness (QED) is 0.806. The van der Waals surface area contributed by atoms with E-state index in [9.17, 15) is 5.11 Å². The molecule has 1 atom stereocenters. The lowest BCUT2D eigenvalue weighted by molar-refractivity contribution is 0.0266. The molecule has 1 aromatic carbocycles. The highest BCUT2D eigenvalue weighted by molar-refractivity contribution is 5.56. The minimum Gasteiger partial charge on any atom is -0.495 e. The number of rotatable bonds is 5. The van der Waals surface area contributed by atoms with Crippen molar-refractivity contribution in [3.63, 3.8) is 0 Å². The van der Waals surface area contributed by atoms with Crippen LogP contribution < -0.4 is 10.1 Å². The highest BCUT2D eigenvalue weighted by Gasteiger charge is 2.24. The van der Waals surface area contributed by atoms with Gasteiger partial charge in [0.05, 0.1) is 18.4 Å². The molecule has 0 aliphatic carbocycles. The van der Waals surface area contributed by atoms with E-state index in [-0.39, 0.29) is 5.92 Å². The number of aliphatic hydroxyl groups is 1. The molecule has 0 heterocycles. The monoisotopic (exact) mass is 223 g/mol. The van der Waals surface area contributed by atoms with E-state index in [4.69, 9.17) is 4.74 Å². The van der Waals surface area contributed by atoms with Gasteiger partial charge in [0.1, 0.15) is 5.75 Å². The van der Waals surface area contributed by atoms with Gasteiger partial charge in [0.2, 0.25) is 0 Å². The molecular formula is C13H21NO2. The van der Waals surface area contributed by atoms with Gasteiger partial charge in [-0.3, -0.25) is 0 Å². The van der Waals surface area contributed by atoms with Crippen LogP contribution in [0.2, 0.25) is 0 Å². The molecule has 16 heavy (non-hydrogen) atoms. The third kappa shape index (κ3) is 3.14. The van der Waals surface area contributed by atoms with Gasteiger partial charge in [-0.15, -0.1) is 0 Å². The summed E-state index contributed by atoms with van der Waals surface area (Å²) in [5.74, 6) is 0.997. The van der Waals surface area contributed by atoms with Crippen LogP contribution in [-0.4, -0.2) is 24.4 Å². The Morgan fingerprint density at radius 3 is 2.56 bits per heavy atom. The van der Waals surface area contributed by atoms with Crippen molar-refractivity contribution in [2.24, 2.45) is 5.92 Å². The first-order valence-corrected chi connectivity index (χ1v) is 5.56. The Balaban J connectivity index is 2.67. The maximum Gasteiger partial charge on any atom is 0.141 e. The number of para-hydroxylation sites is 2. The number of hydrogen-bond donors (Lipinski definition) is 2. The van der Waals surface area contributed by atoms with Gasteiger partial charge >= 0.3 is 0 Å². The Kier molecular flexibility index (Phi) is 4.19. The molecule has 0 aliphatic heterocycles. The van der Waals surface area contributed by atoms with Gasteiger partial charge in [-0.1, -0.05) is 26.0 Å². The lowest BCUT2D eigenvalue weighted by Gasteiger charge is -2.28. The fraction of sp³-hybridized carbons (Fsp3) is 0.538. The summed E-state index contributed by atoms with van der Waals surface area (Å²) in [7, 11) is 1.64. The molecule has 1 unspecified atom stereocenters. The minimum atomic E-state index is -0.721.